The molecule has 126 valence electrons. The summed E-state index contributed by atoms with van der Waals surface area (Å²) >= 11 is 0. The van der Waals surface area contributed by atoms with Crippen molar-refractivity contribution in [2.45, 2.75) is 37.8 Å². The Bertz CT molecular complexity index is 728. The lowest BCUT2D eigenvalue weighted by atomic mass is 9.93. The van der Waals surface area contributed by atoms with E-state index in [-0.39, 0.29) is 23.9 Å². The molecule has 1 saturated heterocycles. The van der Waals surface area contributed by atoms with E-state index in [9.17, 15) is 4.79 Å². The summed E-state index contributed by atoms with van der Waals surface area (Å²) in [6.45, 7) is 1.31. The van der Waals surface area contributed by atoms with Crippen LogP contribution < -0.4 is 0 Å². The van der Waals surface area contributed by atoms with Gasteiger partial charge in [0.15, 0.2) is 0 Å². The molecular weight excluding hydrogens is 306 g/mol. The van der Waals surface area contributed by atoms with Gasteiger partial charge in [-0.1, -0.05) is 30.3 Å². The van der Waals surface area contributed by atoms with Gasteiger partial charge < -0.3 is 14.0 Å². The van der Waals surface area contributed by atoms with Gasteiger partial charge in [-0.15, -0.1) is 10.2 Å². The molecule has 1 fully saturated rings. The van der Waals surface area contributed by atoms with Crippen molar-refractivity contribution in [1.82, 2.24) is 14.8 Å². The van der Waals surface area contributed by atoms with Gasteiger partial charge in [-0.3, -0.25) is 4.79 Å². The molecule has 0 amide bonds. The fraction of sp³-hybridized carbons (Fsp3) is 0.500. The molecule has 0 aliphatic carbocycles. The lowest BCUT2D eigenvalue weighted by Gasteiger charge is -2.25. The number of nitrogens with zero attached hydrogens (tertiary/aromatic N) is 3. The monoisotopic (exact) mass is 327 g/mol. The molecule has 0 bridgehead atoms. The van der Waals surface area contributed by atoms with E-state index in [0.29, 0.717) is 13.2 Å². The van der Waals surface area contributed by atoms with Crippen LogP contribution in [0.4, 0.5) is 0 Å². The van der Waals surface area contributed by atoms with Gasteiger partial charge in [-0.25, -0.2) is 0 Å². The number of aryl methyl sites for hydroxylation is 1. The number of hydrogen-bond acceptors (Lipinski definition) is 5. The molecule has 1 aromatic carbocycles. The van der Waals surface area contributed by atoms with Crippen molar-refractivity contribution in [3.63, 3.8) is 0 Å². The van der Waals surface area contributed by atoms with Crippen LogP contribution >= 0.6 is 0 Å². The van der Waals surface area contributed by atoms with Gasteiger partial charge >= 0.3 is 5.97 Å². The molecule has 2 aromatic rings. The van der Waals surface area contributed by atoms with Crippen LogP contribution in [0.3, 0.4) is 0 Å². The van der Waals surface area contributed by atoms with Crippen molar-refractivity contribution in [2.75, 3.05) is 13.7 Å². The molecule has 6 nitrogen and oxygen atoms in total. The van der Waals surface area contributed by atoms with Crippen LogP contribution in [-0.2, 0) is 27.2 Å². The number of benzene rings is 1. The van der Waals surface area contributed by atoms with E-state index in [1.807, 2.05) is 18.2 Å². The van der Waals surface area contributed by atoms with Gasteiger partial charge in [0.05, 0.1) is 25.0 Å². The molecule has 6 heteroatoms. The average Bonchev–Trinajstić information content (AvgIpc) is 3.27. The molecule has 3 heterocycles. The van der Waals surface area contributed by atoms with Gasteiger partial charge in [-0.2, -0.15) is 0 Å². The number of ether oxygens (including phenoxy) is 2. The molecule has 24 heavy (non-hydrogen) atoms. The number of rotatable bonds is 3. The van der Waals surface area contributed by atoms with Crippen LogP contribution in [0.25, 0.3) is 0 Å². The molecular formula is C18H21N3O3. The second-order valence-corrected chi connectivity index (χ2v) is 6.44. The minimum absolute atomic E-state index is 0.00185. The number of hydrogen-bond donors (Lipinski definition) is 0. The van der Waals surface area contributed by atoms with Crippen molar-refractivity contribution in [2.24, 2.45) is 5.92 Å². The highest BCUT2D eigenvalue weighted by Crippen LogP contribution is 2.41. The Morgan fingerprint density at radius 1 is 1.25 bits per heavy atom. The number of fused-ring (bicyclic) bond motifs is 1. The van der Waals surface area contributed by atoms with E-state index in [1.54, 1.807) is 0 Å². The number of carbonyl (C=O) groups is 1. The van der Waals surface area contributed by atoms with Crippen LogP contribution in [0.15, 0.2) is 30.3 Å². The number of carbonyl (C=O) groups excluding carboxylic acids is 1. The van der Waals surface area contributed by atoms with E-state index in [4.69, 9.17) is 9.47 Å². The average molecular weight is 327 g/mol. The zero-order chi connectivity index (χ0) is 16.5. The summed E-state index contributed by atoms with van der Waals surface area (Å²) < 4.78 is 13.0. The van der Waals surface area contributed by atoms with E-state index >= 15 is 0 Å². The van der Waals surface area contributed by atoms with Crippen molar-refractivity contribution >= 4 is 5.97 Å². The Morgan fingerprint density at radius 3 is 2.88 bits per heavy atom. The fourth-order valence-corrected chi connectivity index (χ4v) is 3.81. The standard InChI is InChI=1S/C18H21N3O3/c1-23-18(22)13-7-8-15-19-20-17(21(15)11-13)14-9-10-24-16(14)12-5-3-2-4-6-12/h2-6,13-14,16H,7-11H2,1H3/t13?,14-,16+/m0/s1. The normalized spacial score (nSPS) is 26.1. The third-order valence-electron chi connectivity index (χ3n) is 5.06. The van der Waals surface area contributed by atoms with Gasteiger partial charge in [0, 0.05) is 19.6 Å². The molecule has 0 spiro atoms. The summed E-state index contributed by atoms with van der Waals surface area (Å²) in [4.78, 5) is 11.9. The maximum atomic E-state index is 11.9. The minimum Gasteiger partial charge on any atom is -0.469 e. The van der Waals surface area contributed by atoms with Gasteiger partial charge in [-0.05, 0) is 18.4 Å². The Hall–Kier alpha value is -2.21. The van der Waals surface area contributed by atoms with Crippen LogP contribution in [-0.4, -0.2) is 34.5 Å². The van der Waals surface area contributed by atoms with Crippen molar-refractivity contribution < 1.29 is 14.3 Å². The van der Waals surface area contributed by atoms with Crippen LogP contribution in [0.1, 0.15) is 42.1 Å². The molecule has 0 N–H and O–H groups in total. The second-order valence-electron chi connectivity index (χ2n) is 6.44. The Balaban J connectivity index is 1.64. The zero-order valence-electron chi connectivity index (χ0n) is 13.7. The summed E-state index contributed by atoms with van der Waals surface area (Å²) in [5.74, 6) is 1.80. The van der Waals surface area contributed by atoms with Crippen LogP contribution in [0.2, 0.25) is 0 Å². The summed E-state index contributed by atoms with van der Waals surface area (Å²) in [7, 11) is 1.45. The van der Waals surface area contributed by atoms with Gasteiger partial charge in [0.1, 0.15) is 11.6 Å². The first-order valence-corrected chi connectivity index (χ1v) is 8.44. The largest absolute Gasteiger partial charge is 0.469 e. The predicted molar refractivity (Wildman–Crippen MR) is 86.3 cm³/mol. The smallest absolute Gasteiger partial charge is 0.310 e. The highest BCUT2D eigenvalue weighted by molar-refractivity contribution is 5.72. The summed E-state index contributed by atoms with van der Waals surface area (Å²) in [5, 5.41) is 8.81. The minimum atomic E-state index is -0.150. The fourth-order valence-electron chi connectivity index (χ4n) is 3.81. The Kier molecular flexibility index (Phi) is 4.06. The lowest BCUT2D eigenvalue weighted by Crippen LogP contribution is -2.29. The van der Waals surface area contributed by atoms with Crippen molar-refractivity contribution in [3.8, 4) is 0 Å². The number of methoxy groups -OCH3 is 1. The first kappa shape index (κ1) is 15.3. The van der Waals surface area contributed by atoms with Crippen LogP contribution in [0.5, 0.6) is 0 Å². The zero-order valence-corrected chi connectivity index (χ0v) is 13.7. The molecule has 4 rings (SSSR count). The molecule has 0 saturated carbocycles. The highest BCUT2D eigenvalue weighted by atomic mass is 16.5. The molecule has 2 aliphatic heterocycles. The Morgan fingerprint density at radius 2 is 2.08 bits per heavy atom. The first-order valence-electron chi connectivity index (χ1n) is 8.44. The maximum Gasteiger partial charge on any atom is 0.310 e. The van der Waals surface area contributed by atoms with E-state index in [0.717, 1.165) is 36.5 Å². The molecule has 3 atom stereocenters. The molecule has 2 aliphatic rings. The summed E-state index contributed by atoms with van der Waals surface area (Å²) in [6, 6.07) is 10.2. The van der Waals surface area contributed by atoms with E-state index in [1.165, 1.54) is 7.11 Å². The second kappa shape index (κ2) is 6.36. The topological polar surface area (TPSA) is 66.2 Å². The van der Waals surface area contributed by atoms with E-state index in [2.05, 4.69) is 26.9 Å². The SMILES string of the molecule is COC(=O)C1CCc2nnc([C@H]3CCO[C@@H]3c3ccccc3)n2C1. The molecule has 1 aromatic heterocycles. The van der Waals surface area contributed by atoms with Crippen molar-refractivity contribution in [1.29, 1.82) is 0 Å². The third-order valence-corrected chi connectivity index (χ3v) is 5.06. The van der Waals surface area contributed by atoms with Gasteiger partial charge in [0.25, 0.3) is 0 Å². The highest BCUT2D eigenvalue weighted by Gasteiger charge is 2.37. The summed E-state index contributed by atoms with van der Waals surface area (Å²) in [5.41, 5.74) is 1.16. The third kappa shape index (κ3) is 2.60. The lowest BCUT2D eigenvalue weighted by molar-refractivity contribution is -0.146. The van der Waals surface area contributed by atoms with Crippen molar-refractivity contribution in [3.05, 3.63) is 47.5 Å². The first-order chi connectivity index (χ1) is 11.8. The Labute approximate surface area is 140 Å². The predicted octanol–water partition coefficient (Wildman–Crippen LogP) is 2.26. The molecule has 0 radical (unpaired) electrons. The van der Waals surface area contributed by atoms with Crippen LogP contribution in [0, 0.1) is 5.92 Å². The quantitative estimate of drug-likeness (QED) is 0.809. The maximum absolute atomic E-state index is 11.9. The molecule has 1 unspecified atom stereocenters. The number of esters is 1. The number of aromatic nitrogens is 3. The summed E-state index contributed by atoms with van der Waals surface area (Å²) in [6.07, 6.45) is 2.45. The van der Waals surface area contributed by atoms with Gasteiger partial charge in [0.2, 0.25) is 0 Å². The van der Waals surface area contributed by atoms with E-state index < -0.39 is 0 Å².